The predicted molar refractivity (Wildman–Crippen MR) is 131 cm³/mol. The van der Waals surface area contributed by atoms with E-state index >= 15 is 0 Å². The van der Waals surface area contributed by atoms with Crippen molar-refractivity contribution in [2.24, 2.45) is 0 Å². The maximum absolute atomic E-state index is 11.6. The molecule has 0 bridgehead atoms. The molecule has 0 amide bonds. The molecule has 5 nitrogen and oxygen atoms in total. The van der Waals surface area contributed by atoms with E-state index in [1.165, 1.54) is 0 Å². The average Bonchev–Trinajstić information content (AvgIpc) is 2.88. The van der Waals surface area contributed by atoms with Gasteiger partial charge < -0.3 is 4.74 Å². The molecule has 35 heavy (non-hydrogen) atoms. The van der Waals surface area contributed by atoms with Gasteiger partial charge in [0.1, 0.15) is 0 Å². The first-order chi connectivity index (χ1) is 16.5. The standard InChI is InChI=1S/C13H7O2.C12H5O3.2C2H6.Y/c14-11-7-12(15)10-6-2-4-8-3-1-5-9(11)13(8)10;13-11-8-5-1-3-7-4-2-6-9(10(7)8)12(14)15-11;2*1-2;/h1-3,5-6H,7H2;1-3,5-6H;2*1-2H3;/q2*-1;;;. The van der Waals surface area contributed by atoms with Crippen molar-refractivity contribution >= 4 is 45.0 Å². The third kappa shape index (κ3) is 5.47. The molecule has 0 unspecified atom stereocenters. The molecule has 6 rings (SSSR count). The number of carbonyl (C=O) groups excluding carboxylic acids is 4. The van der Waals surface area contributed by atoms with E-state index in [2.05, 4.69) is 16.9 Å². The molecule has 0 N–H and O–H groups in total. The van der Waals surface area contributed by atoms with Crippen molar-refractivity contribution in [3.63, 3.8) is 0 Å². The van der Waals surface area contributed by atoms with E-state index in [0.29, 0.717) is 27.6 Å². The Bertz CT molecular complexity index is 1210. The van der Waals surface area contributed by atoms with Gasteiger partial charge in [0.25, 0.3) is 0 Å². The van der Waals surface area contributed by atoms with E-state index in [1.807, 2.05) is 45.9 Å². The third-order valence-corrected chi connectivity index (χ3v) is 5.19. The minimum absolute atomic E-state index is 0. The number of ether oxygens (including phenoxy) is 1. The number of carbonyl (C=O) groups is 4. The van der Waals surface area contributed by atoms with Crippen molar-refractivity contribution in [2.75, 3.05) is 0 Å². The first-order valence-corrected chi connectivity index (χ1v) is 11.2. The summed E-state index contributed by atoms with van der Waals surface area (Å²) in [6, 6.07) is 23.4. The van der Waals surface area contributed by atoms with Crippen molar-refractivity contribution in [2.45, 2.75) is 34.1 Å². The molecule has 0 saturated heterocycles. The number of esters is 2. The summed E-state index contributed by atoms with van der Waals surface area (Å²) in [6.45, 7) is 8.00. The number of hydrogen-bond donors (Lipinski definition) is 0. The molecule has 1 aliphatic carbocycles. The summed E-state index contributed by atoms with van der Waals surface area (Å²) in [5.41, 5.74) is 2.16. The van der Waals surface area contributed by atoms with Crippen LogP contribution < -0.4 is 0 Å². The van der Waals surface area contributed by atoms with E-state index in [-0.39, 0.29) is 50.7 Å². The van der Waals surface area contributed by atoms with Crippen molar-refractivity contribution < 1.29 is 56.6 Å². The van der Waals surface area contributed by atoms with Crippen LogP contribution in [0.5, 0.6) is 0 Å². The molecule has 175 valence electrons. The van der Waals surface area contributed by atoms with Gasteiger partial charge in [-0.25, -0.2) is 9.59 Å². The van der Waals surface area contributed by atoms with Crippen LogP contribution in [-0.2, 0) is 37.4 Å². The van der Waals surface area contributed by atoms with Gasteiger partial charge >= 0.3 is 11.9 Å². The van der Waals surface area contributed by atoms with Gasteiger partial charge in [0.15, 0.2) is 11.6 Å². The van der Waals surface area contributed by atoms with Crippen LogP contribution in [-0.4, -0.2) is 23.5 Å². The van der Waals surface area contributed by atoms with Gasteiger partial charge in [0, 0.05) is 38.3 Å². The van der Waals surface area contributed by atoms with Gasteiger partial charge in [-0.2, -0.15) is 0 Å². The zero-order valence-corrected chi connectivity index (χ0v) is 22.9. The van der Waals surface area contributed by atoms with E-state index in [1.54, 1.807) is 42.5 Å². The molecule has 6 heteroatoms. The van der Waals surface area contributed by atoms with Crippen LogP contribution >= 0.6 is 0 Å². The first kappa shape index (κ1) is 28.2. The molecule has 4 aromatic rings. The van der Waals surface area contributed by atoms with Crippen LogP contribution in [0.15, 0.2) is 60.7 Å². The number of cyclic esters (lactones) is 2. The van der Waals surface area contributed by atoms with Gasteiger partial charge in [-0.3, -0.25) is 9.59 Å². The molecular formula is C29H24O5Y-2. The second-order valence-corrected chi connectivity index (χ2v) is 6.94. The topological polar surface area (TPSA) is 77.5 Å². The maximum Gasteiger partial charge on any atom is 0.337 e. The first-order valence-electron chi connectivity index (χ1n) is 11.2. The second-order valence-electron chi connectivity index (χ2n) is 6.94. The van der Waals surface area contributed by atoms with Crippen LogP contribution in [0, 0.1) is 12.1 Å². The summed E-state index contributed by atoms with van der Waals surface area (Å²) in [4.78, 5) is 46.1. The van der Waals surface area contributed by atoms with Gasteiger partial charge in [-0.1, -0.05) is 56.2 Å². The molecular weight excluding hydrogens is 517 g/mol. The van der Waals surface area contributed by atoms with Gasteiger partial charge in [0.05, 0.1) is 6.42 Å². The fourth-order valence-electron chi connectivity index (χ4n) is 3.86. The minimum atomic E-state index is -0.585. The van der Waals surface area contributed by atoms with Gasteiger partial charge in [-0.05, 0) is 11.1 Å². The predicted octanol–water partition coefficient (Wildman–Crippen LogP) is 6.41. The van der Waals surface area contributed by atoms with Crippen LogP contribution in [0.25, 0.3) is 21.5 Å². The van der Waals surface area contributed by atoms with E-state index < -0.39 is 11.9 Å². The SMILES string of the molecule is CC.CC.O=C1CC(=O)c2cccc3[c-]ccc1c23.O=C1OC(=O)c2cccc3[c-]ccc1c23.[Y]. The number of Topliss-reactive ketones (excluding diaryl/α,β-unsaturated/α-hetero) is 2. The van der Waals surface area contributed by atoms with E-state index in [9.17, 15) is 19.2 Å². The quantitative estimate of drug-likeness (QED) is 0.146. The molecule has 0 saturated carbocycles. The van der Waals surface area contributed by atoms with Crippen molar-refractivity contribution in [3.8, 4) is 0 Å². The second kappa shape index (κ2) is 12.6. The number of benzene rings is 4. The molecule has 2 aliphatic rings. The fraction of sp³-hybridized carbons (Fsp3) is 0.172. The summed E-state index contributed by atoms with van der Waals surface area (Å²) >= 11 is 0. The summed E-state index contributed by atoms with van der Waals surface area (Å²) in [5.74, 6) is -1.34. The molecule has 0 fully saturated rings. The Morgan fingerprint density at radius 3 is 1.54 bits per heavy atom. The summed E-state index contributed by atoms with van der Waals surface area (Å²) in [6.07, 6.45) is -0.00384. The molecule has 1 heterocycles. The molecule has 4 aromatic carbocycles. The smallest absolute Gasteiger partial charge is 0.337 e. The Morgan fingerprint density at radius 1 is 0.600 bits per heavy atom. The minimum Gasteiger partial charge on any atom is -0.387 e. The summed E-state index contributed by atoms with van der Waals surface area (Å²) < 4.78 is 4.61. The number of hydrogen-bond acceptors (Lipinski definition) is 5. The molecule has 1 radical (unpaired) electrons. The molecule has 0 atom stereocenters. The van der Waals surface area contributed by atoms with Crippen molar-refractivity contribution in [3.05, 3.63) is 95.1 Å². The van der Waals surface area contributed by atoms with Crippen LogP contribution in [0.2, 0.25) is 0 Å². The van der Waals surface area contributed by atoms with Crippen molar-refractivity contribution in [1.29, 1.82) is 0 Å². The van der Waals surface area contributed by atoms with Crippen molar-refractivity contribution in [1.82, 2.24) is 0 Å². The van der Waals surface area contributed by atoms with Gasteiger partial charge in [0.2, 0.25) is 0 Å². The fourth-order valence-corrected chi connectivity index (χ4v) is 3.86. The average molecular weight is 541 g/mol. The number of ketones is 2. The van der Waals surface area contributed by atoms with Gasteiger partial charge in [-0.15, -0.1) is 71.4 Å². The largest absolute Gasteiger partial charge is 0.387 e. The Hall–Kier alpha value is -3.02. The van der Waals surface area contributed by atoms with E-state index in [4.69, 9.17) is 0 Å². The monoisotopic (exact) mass is 541 g/mol. The number of rotatable bonds is 0. The normalized spacial score (nSPS) is 12.7. The van der Waals surface area contributed by atoms with Crippen LogP contribution in [0.1, 0.15) is 75.5 Å². The van der Waals surface area contributed by atoms with E-state index in [0.717, 1.165) is 16.2 Å². The maximum atomic E-state index is 11.6. The Labute approximate surface area is 229 Å². The molecule has 0 aromatic heterocycles. The molecule has 0 spiro atoms. The zero-order valence-electron chi connectivity index (χ0n) is 20.1. The molecule has 1 aliphatic heterocycles. The summed E-state index contributed by atoms with van der Waals surface area (Å²) in [5, 5.41) is 3.00. The summed E-state index contributed by atoms with van der Waals surface area (Å²) in [7, 11) is 0. The Morgan fingerprint density at radius 2 is 1.00 bits per heavy atom. The zero-order chi connectivity index (χ0) is 24.8. The van der Waals surface area contributed by atoms with Crippen LogP contribution in [0.4, 0.5) is 0 Å². The Balaban J connectivity index is 0.000000211. The van der Waals surface area contributed by atoms with Crippen LogP contribution in [0.3, 0.4) is 0 Å². The third-order valence-electron chi connectivity index (χ3n) is 5.19. The Kier molecular flexibility index (Phi) is 10.2.